The molecule has 0 bridgehead atoms. The van der Waals surface area contributed by atoms with Crippen molar-refractivity contribution < 1.29 is 22.4 Å². The van der Waals surface area contributed by atoms with Crippen LogP contribution >= 0.6 is 0 Å². The number of aromatic nitrogens is 4. The number of hydrogen-bond donors (Lipinski definition) is 3. The summed E-state index contributed by atoms with van der Waals surface area (Å²) in [6.45, 7) is 1.44. The Hall–Kier alpha value is -3.70. The van der Waals surface area contributed by atoms with Gasteiger partial charge in [-0.15, -0.1) is 10.2 Å². The second-order valence-electron chi connectivity index (χ2n) is 6.24. The van der Waals surface area contributed by atoms with E-state index in [2.05, 4.69) is 36.1 Å². The van der Waals surface area contributed by atoms with E-state index in [-0.39, 0.29) is 30.7 Å². The van der Waals surface area contributed by atoms with Crippen molar-refractivity contribution in [1.82, 2.24) is 20.2 Å². The number of nitrogens with zero attached hydrogens (tertiary/aromatic N) is 4. The lowest BCUT2D eigenvalue weighted by Gasteiger charge is -2.14. The summed E-state index contributed by atoms with van der Waals surface area (Å²) in [5.41, 5.74) is 0.990. The number of aryl methyl sites for hydroxylation is 1. The van der Waals surface area contributed by atoms with Gasteiger partial charge in [0.15, 0.2) is 0 Å². The van der Waals surface area contributed by atoms with E-state index in [0.717, 1.165) is 5.56 Å². The number of anilines is 4. The van der Waals surface area contributed by atoms with Gasteiger partial charge in [-0.2, -0.15) is 18.2 Å². The summed E-state index contributed by atoms with van der Waals surface area (Å²) in [5, 5.41) is 15.5. The molecule has 0 radical (unpaired) electrons. The maximum absolute atomic E-state index is 13.3. The van der Waals surface area contributed by atoms with E-state index >= 15 is 0 Å². The third-order valence-electron chi connectivity index (χ3n) is 4.06. The molecule has 150 valence electrons. The largest absolute Gasteiger partial charge is 0.424 e. The summed E-state index contributed by atoms with van der Waals surface area (Å²) in [6.07, 6.45) is -3.73. The average molecular weight is 405 g/mol. The number of benzene rings is 1. The van der Waals surface area contributed by atoms with Crippen LogP contribution in [0.25, 0.3) is 0 Å². The maximum atomic E-state index is 13.3. The zero-order valence-electron chi connectivity index (χ0n) is 15.0. The van der Waals surface area contributed by atoms with Crippen LogP contribution in [-0.2, 0) is 23.9 Å². The van der Waals surface area contributed by atoms with Crippen LogP contribution in [0, 0.1) is 6.92 Å². The summed E-state index contributed by atoms with van der Waals surface area (Å²) in [6, 6.07) is 5.08. The summed E-state index contributed by atoms with van der Waals surface area (Å²) in [7, 11) is 0. The van der Waals surface area contributed by atoms with Crippen molar-refractivity contribution in [2.45, 2.75) is 26.1 Å². The fraction of sp³-hybridized carbons (Fsp3) is 0.235. The SMILES string of the molecule is Cc1nnc(CNc2nc(Nc3ccc4c(c3)CC(=O)N4)ncc2C(F)(F)F)o1. The topological polar surface area (TPSA) is 118 Å². The molecule has 1 aromatic carbocycles. The quantitative estimate of drug-likeness (QED) is 0.593. The second kappa shape index (κ2) is 7.04. The van der Waals surface area contributed by atoms with Crippen LogP contribution in [0.4, 0.5) is 36.3 Å². The number of nitrogens with one attached hydrogen (secondary N) is 3. The van der Waals surface area contributed by atoms with Crippen LogP contribution in [0.2, 0.25) is 0 Å². The van der Waals surface area contributed by atoms with Gasteiger partial charge in [-0.3, -0.25) is 4.79 Å². The molecule has 1 aliphatic heterocycles. The first-order chi connectivity index (χ1) is 13.8. The zero-order chi connectivity index (χ0) is 20.6. The standard InChI is InChI=1S/C17H14F3N7O2/c1-8-26-27-14(29-8)7-21-15-11(17(18,19)20)6-22-16(25-15)23-10-2-3-12-9(4-10)5-13(28)24-12/h2-4,6H,5,7H2,1H3,(H,24,28)(H2,21,22,23,25). The summed E-state index contributed by atoms with van der Waals surface area (Å²) in [4.78, 5) is 19.1. The van der Waals surface area contributed by atoms with Gasteiger partial charge < -0.3 is 20.4 Å². The smallest absolute Gasteiger partial charge is 0.421 e. The van der Waals surface area contributed by atoms with Gasteiger partial charge in [-0.25, -0.2) is 4.98 Å². The second-order valence-corrected chi connectivity index (χ2v) is 6.24. The molecule has 12 heteroatoms. The van der Waals surface area contributed by atoms with Crippen LogP contribution in [0.1, 0.15) is 22.9 Å². The predicted octanol–water partition coefficient (Wildman–Crippen LogP) is 3.04. The zero-order valence-corrected chi connectivity index (χ0v) is 15.0. The molecule has 3 aromatic rings. The lowest BCUT2D eigenvalue weighted by molar-refractivity contribution is -0.137. The molecule has 3 heterocycles. The lowest BCUT2D eigenvalue weighted by Crippen LogP contribution is -2.14. The van der Waals surface area contributed by atoms with Gasteiger partial charge in [0.2, 0.25) is 23.6 Å². The molecule has 0 spiro atoms. The molecule has 1 aliphatic rings. The Labute approximate surface area is 161 Å². The monoisotopic (exact) mass is 405 g/mol. The molecule has 0 saturated heterocycles. The van der Waals surface area contributed by atoms with E-state index in [1.165, 1.54) is 0 Å². The van der Waals surface area contributed by atoms with Crippen molar-refractivity contribution in [2.75, 3.05) is 16.0 Å². The maximum Gasteiger partial charge on any atom is 0.421 e. The molecule has 3 N–H and O–H groups in total. The lowest BCUT2D eigenvalue weighted by atomic mass is 10.1. The van der Waals surface area contributed by atoms with Gasteiger partial charge in [0.1, 0.15) is 11.4 Å². The number of hydrogen-bond acceptors (Lipinski definition) is 8. The summed E-state index contributed by atoms with van der Waals surface area (Å²) >= 11 is 0. The van der Waals surface area contributed by atoms with Crippen LogP contribution in [0.5, 0.6) is 0 Å². The molecule has 0 unspecified atom stereocenters. The molecule has 1 amide bonds. The van der Waals surface area contributed by atoms with E-state index in [9.17, 15) is 18.0 Å². The highest BCUT2D eigenvalue weighted by molar-refractivity contribution is 5.99. The first-order valence-electron chi connectivity index (χ1n) is 8.45. The normalized spacial score (nSPS) is 13.2. The molecular formula is C17H14F3N7O2. The molecule has 2 aromatic heterocycles. The highest BCUT2D eigenvalue weighted by Crippen LogP contribution is 2.34. The Morgan fingerprint density at radius 2 is 2.10 bits per heavy atom. The van der Waals surface area contributed by atoms with Gasteiger partial charge in [-0.05, 0) is 23.8 Å². The molecular weight excluding hydrogens is 391 g/mol. The van der Waals surface area contributed by atoms with Crippen LogP contribution in [-0.4, -0.2) is 26.1 Å². The van der Waals surface area contributed by atoms with Crippen molar-refractivity contribution in [3.8, 4) is 0 Å². The minimum Gasteiger partial charge on any atom is -0.424 e. The van der Waals surface area contributed by atoms with E-state index in [0.29, 0.717) is 23.5 Å². The molecule has 0 aliphatic carbocycles. The molecule has 29 heavy (non-hydrogen) atoms. The minimum atomic E-state index is -4.65. The van der Waals surface area contributed by atoms with Gasteiger partial charge in [-0.1, -0.05) is 0 Å². The average Bonchev–Trinajstić information content (AvgIpc) is 3.23. The van der Waals surface area contributed by atoms with E-state index in [1.807, 2.05) is 0 Å². The third-order valence-corrected chi connectivity index (χ3v) is 4.06. The first-order valence-corrected chi connectivity index (χ1v) is 8.45. The van der Waals surface area contributed by atoms with Crippen LogP contribution in [0.15, 0.2) is 28.8 Å². The molecule has 0 fully saturated rings. The van der Waals surface area contributed by atoms with Gasteiger partial charge in [0.25, 0.3) is 0 Å². The number of carbonyl (C=O) groups excluding carboxylic acids is 1. The summed E-state index contributed by atoms with van der Waals surface area (Å²) < 4.78 is 45.0. The fourth-order valence-electron chi connectivity index (χ4n) is 2.79. The molecule has 9 nitrogen and oxygen atoms in total. The van der Waals surface area contributed by atoms with E-state index in [4.69, 9.17) is 4.42 Å². The summed E-state index contributed by atoms with van der Waals surface area (Å²) in [5.74, 6) is -0.166. The van der Waals surface area contributed by atoms with E-state index in [1.54, 1.807) is 25.1 Å². The Bertz CT molecular complexity index is 1080. The van der Waals surface area contributed by atoms with Gasteiger partial charge in [0, 0.05) is 24.5 Å². The Balaban J connectivity index is 1.58. The Morgan fingerprint density at radius 3 is 2.83 bits per heavy atom. The van der Waals surface area contributed by atoms with Crippen LogP contribution < -0.4 is 16.0 Å². The number of amides is 1. The van der Waals surface area contributed by atoms with Gasteiger partial charge >= 0.3 is 6.18 Å². The van der Waals surface area contributed by atoms with Crippen LogP contribution in [0.3, 0.4) is 0 Å². The Kier molecular flexibility index (Phi) is 4.53. The first kappa shape index (κ1) is 18.7. The molecule has 0 saturated carbocycles. The van der Waals surface area contributed by atoms with Crippen molar-refractivity contribution in [3.63, 3.8) is 0 Å². The highest BCUT2D eigenvalue weighted by atomic mass is 19.4. The van der Waals surface area contributed by atoms with Crippen molar-refractivity contribution >= 4 is 29.0 Å². The minimum absolute atomic E-state index is 0.0422. The highest BCUT2D eigenvalue weighted by Gasteiger charge is 2.35. The number of halogens is 3. The van der Waals surface area contributed by atoms with Crippen molar-refractivity contribution in [1.29, 1.82) is 0 Å². The number of carbonyl (C=O) groups is 1. The van der Waals surface area contributed by atoms with Gasteiger partial charge in [0.05, 0.1) is 13.0 Å². The number of rotatable bonds is 5. The molecule has 4 rings (SSSR count). The number of alkyl halides is 3. The fourth-order valence-corrected chi connectivity index (χ4v) is 2.79. The van der Waals surface area contributed by atoms with E-state index < -0.39 is 17.6 Å². The predicted molar refractivity (Wildman–Crippen MR) is 95.5 cm³/mol. The molecule has 0 atom stereocenters. The number of fused-ring (bicyclic) bond motifs is 1. The van der Waals surface area contributed by atoms with Crippen molar-refractivity contribution in [3.05, 3.63) is 47.3 Å². The third kappa shape index (κ3) is 4.10. The Morgan fingerprint density at radius 1 is 1.28 bits per heavy atom. The van der Waals surface area contributed by atoms with Crippen molar-refractivity contribution in [2.24, 2.45) is 0 Å².